The molecule has 0 aliphatic carbocycles. The van der Waals surface area contributed by atoms with E-state index in [0.717, 1.165) is 38.2 Å². The minimum atomic E-state index is -0.428. The second-order valence-electron chi connectivity index (χ2n) is 4.97. The van der Waals surface area contributed by atoms with Crippen molar-refractivity contribution in [3.05, 3.63) is 35.4 Å². The zero-order chi connectivity index (χ0) is 14.1. The first-order valence-corrected chi connectivity index (χ1v) is 7.20. The molecule has 1 aromatic rings. The van der Waals surface area contributed by atoms with Crippen molar-refractivity contribution in [2.24, 2.45) is 0 Å². The van der Waals surface area contributed by atoms with Gasteiger partial charge in [-0.3, -0.25) is 0 Å². The average Bonchev–Trinajstić information content (AvgIpc) is 2.40. The van der Waals surface area contributed by atoms with Crippen molar-refractivity contribution >= 4 is 0 Å². The molecule has 0 aliphatic rings. The van der Waals surface area contributed by atoms with Gasteiger partial charge in [0, 0.05) is 19.7 Å². The number of rotatable bonds is 9. The van der Waals surface area contributed by atoms with E-state index in [9.17, 15) is 5.11 Å². The molecular formula is C16H27NO2. The summed E-state index contributed by atoms with van der Waals surface area (Å²) in [4.78, 5) is 2.10. The summed E-state index contributed by atoms with van der Waals surface area (Å²) in [7, 11) is 2.01. The van der Waals surface area contributed by atoms with Crippen LogP contribution in [0.25, 0.3) is 0 Å². The van der Waals surface area contributed by atoms with Crippen molar-refractivity contribution < 1.29 is 9.84 Å². The van der Waals surface area contributed by atoms with E-state index >= 15 is 0 Å². The number of aliphatic hydroxyl groups excluding tert-OH is 1. The van der Waals surface area contributed by atoms with Crippen LogP contribution in [0.4, 0.5) is 0 Å². The third-order valence-electron chi connectivity index (χ3n) is 3.21. The smallest absolute Gasteiger partial charge is 0.0916 e. The van der Waals surface area contributed by atoms with Gasteiger partial charge in [0.15, 0.2) is 0 Å². The number of aryl methyl sites for hydroxylation is 1. The first-order valence-electron chi connectivity index (χ1n) is 7.20. The summed E-state index contributed by atoms with van der Waals surface area (Å²) in [6.45, 7) is 7.12. The molecule has 0 spiro atoms. The van der Waals surface area contributed by atoms with Gasteiger partial charge in [0.05, 0.1) is 12.7 Å². The number of hydrogen-bond acceptors (Lipinski definition) is 3. The predicted octanol–water partition coefficient (Wildman–Crippen LogP) is 2.64. The Morgan fingerprint density at radius 1 is 1.21 bits per heavy atom. The van der Waals surface area contributed by atoms with Gasteiger partial charge in [-0.05, 0) is 31.5 Å². The molecule has 1 unspecified atom stereocenters. The highest BCUT2D eigenvalue weighted by atomic mass is 16.5. The first-order chi connectivity index (χ1) is 9.17. The molecule has 0 saturated carbocycles. The van der Waals surface area contributed by atoms with Gasteiger partial charge in [-0.25, -0.2) is 0 Å². The van der Waals surface area contributed by atoms with E-state index in [1.165, 1.54) is 5.56 Å². The van der Waals surface area contributed by atoms with Crippen LogP contribution in [0.2, 0.25) is 0 Å². The second-order valence-corrected chi connectivity index (χ2v) is 4.97. The lowest BCUT2D eigenvalue weighted by atomic mass is 10.0. The molecule has 1 aromatic carbocycles. The molecule has 0 amide bonds. The maximum Gasteiger partial charge on any atom is 0.0916 e. The molecule has 108 valence electrons. The Kier molecular flexibility index (Phi) is 7.72. The van der Waals surface area contributed by atoms with E-state index in [1.807, 2.05) is 26.1 Å². The van der Waals surface area contributed by atoms with E-state index in [-0.39, 0.29) is 0 Å². The molecule has 1 rings (SSSR count). The van der Waals surface area contributed by atoms with E-state index in [1.54, 1.807) is 0 Å². The molecule has 0 aromatic heterocycles. The topological polar surface area (TPSA) is 32.7 Å². The first kappa shape index (κ1) is 16.2. The molecule has 0 aliphatic heterocycles. The summed E-state index contributed by atoms with van der Waals surface area (Å²) in [5.41, 5.74) is 2.33. The molecule has 19 heavy (non-hydrogen) atoms. The lowest BCUT2D eigenvalue weighted by Gasteiger charge is -2.20. The fraction of sp³-hybridized carbons (Fsp3) is 0.625. The van der Waals surface area contributed by atoms with Gasteiger partial charge in [0.2, 0.25) is 0 Å². The Morgan fingerprint density at radius 2 is 1.89 bits per heavy atom. The third-order valence-corrected chi connectivity index (χ3v) is 3.21. The maximum atomic E-state index is 10.2. The quantitative estimate of drug-likeness (QED) is 0.697. The number of likely N-dealkylation sites (N-methyl/N-ethyl adjacent to an activating group) is 1. The Labute approximate surface area is 117 Å². The van der Waals surface area contributed by atoms with Gasteiger partial charge in [0.25, 0.3) is 0 Å². The Balaban J connectivity index is 2.41. The van der Waals surface area contributed by atoms with Crippen LogP contribution in [0.1, 0.15) is 37.5 Å². The van der Waals surface area contributed by atoms with Crippen molar-refractivity contribution in [3.8, 4) is 0 Å². The van der Waals surface area contributed by atoms with Crippen LogP contribution in [0.15, 0.2) is 24.3 Å². The van der Waals surface area contributed by atoms with E-state index in [2.05, 4.69) is 24.0 Å². The Hall–Kier alpha value is -0.900. The molecule has 3 nitrogen and oxygen atoms in total. The van der Waals surface area contributed by atoms with Crippen molar-refractivity contribution in [1.82, 2.24) is 4.90 Å². The fourth-order valence-electron chi connectivity index (χ4n) is 2.05. The molecule has 0 fully saturated rings. The van der Waals surface area contributed by atoms with Gasteiger partial charge in [-0.1, -0.05) is 37.6 Å². The summed E-state index contributed by atoms with van der Waals surface area (Å²) >= 11 is 0. The van der Waals surface area contributed by atoms with Crippen LogP contribution in [-0.4, -0.2) is 43.4 Å². The lowest BCUT2D eigenvalue weighted by molar-refractivity contribution is 0.0891. The van der Waals surface area contributed by atoms with Crippen LogP contribution in [0.3, 0.4) is 0 Å². The number of benzene rings is 1. The van der Waals surface area contributed by atoms with Crippen LogP contribution in [0.5, 0.6) is 0 Å². The maximum absolute atomic E-state index is 10.2. The Bertz CT molecular complexity index is 337. The number of hydrogen-bond donors (Lipinski definition) is 1. The van der Waals surface area contributed by atoms with Crippen LogP contribution in [-0.2, 0) is 11.2 Å². The fourth-order valence-corrected chi connectivity index (χ4v) is 2.05. The summed E-state index contributed by atoms with van der Waals surface area (Å²) in [6.07, 6.45) is 1.83. The highest BCUT2D eigenvalue weighted by Crippen LogP contribution is 2.15. The van der Waals surface area contributed by atoms with E-state index in [4.69, 9.17) is 4.74 Å². The summed E-state index contributed by atoms with van der Waals surface area (Å²) < 4.78 is 5.31. The van der Waals surface area contributed by atoms with Crippen LogP contribution >= 0.6 is 0 Å². The minimum Gasteiger partial charge on any atom is -0.387 e. The zero-order valence-corrected chi connectivity index (χ0v) is 12.4. The van der Waals surface area contributed by atoms with Gasteiger partial charge in [-0.15, -0.1) is 0 Å². The highest BCUT2D eigenvalue weighted by Gasteiger charge is 2.10. The molecular weight excluding hydrogens is 238 g/mol. The normalized spacial score (nSPS) is 12.9. The van der Waals surface area contributed by atoms with Crippen molar-refractivity contribution in [2.75, 3.05) is 33.4 Å². The number of nitrogens with zero attached hydrogens (tertiary/aromatic N) is 1. The predicted molar refractivity (Wildman–Crippen MR) is 79.4 cm³/mol. The largest absolute Gasteiger partial charge is 0.387 e. The molecule has 0 heterocycles. The molecule has 1 atom stereocenters. The Morgan fingerprint density at radius 3 is 2.47 bits per heavy atom. The van der Waals surface area contributed by atoms with Gasteiger partial charge in [0.1, 0.15) is 0 Å². The molecule has 0 saturated heterocycles. The monoisotopic (exact) mass is 265 g/mol. The number of ether oxygens (including phenoxy) is 1. The standard InChI is InChI=1S/C16H27NO2/c1-4-6-14-7-9-15(10-8-14)16(18)13-17(3)11-12-19-5-2/h7-10,16,18H,4-6,11-13H2,1-3H3. The number of aliphatic hydroxyl groups is 1. The summed E-state index contributed by atoms with van der Waals surface area (Å²) in [5.74, 6) is 0. The SMILES string of the molecule is CCCc1ccc(C(O)CN(C)CCOCC)cc1. The van der Waals surface area contributed by atoms with Gasteiger partial charge in [-0.2, -0.15) is 0 Å². The third kappa shape index (κ3) is 6.19. The highest BCUT2D eigenvalue weighted by molar-refractivity contribution is 5.24. The molecule has 3 heteroatoms. The summed E-state index contributed by atoms with van der Waals surface area (Å²) in [6, 6.07) is 8.29. The van der Waals surface area contributed by atoms with Crippen molar-refractivity contribution in [2.45, 2.75) is 32.8 Å². The van der Waals surface area contributed by atoms with E-state index < -0.39 is 6.10 Å². The van der Waals surface area contributed by atoms with Gasteiger partial charge >= 0.3 is 0 Å². The van der Waals surface area contributed by atoms with Crippen LogP contribution < -0.4 is 0 Å². The van der Waals surface area contributed by atoms with Gasteiger partial charge < -0.3 is 14.7 Å². The zero-order valence-electron chi connectivity index (χ0n) is 12.4. The van der Waals surface area contributed by atoms with Crippen LogP contribution in [0, 0.1) is 0 Å². The minimum absolute atomic E-state index is 0.428. The molecule has 0 bridgehead atoms. The summed E-state index contributed by atoms with van der Waals surface area (Å²) in [5, 5.41) is 10.2. The lowest BCUT2D eigenvalue weighted by Crippen LogP contribution is -2.28. The van der Waals surface area contributed by atoms with E-state index in [0.29, 0.717) is 6.54 Å². The van der Waals surface area contributed by atoms with Crippen molar-refractivity contribution in [3.63, 3.8) is 0 Å². The molecule has 1 N–H and O–H groups in total. The average molecular weight is 265 g/mol. The van der Waals surface area contributed by atoms with Crippen molar-refractivity contribution in [1.29, 1.82) is 0 Å². The molecule has 0 radical (unpaired) electrons. The second kappa shape index (κ2) is 9.08.